The van der Waals surface area contributed by atoms with Gasteiger partial charge in [0.15, 0.2) is 0 Å². The number of rotatable bonds is 2. The first-order valence-corrected chi connectivity index (χ1v) is 8.01. The van der Waals surface area contributed by atoms with E-state index >= 15 is 0 Å². The minimum atomic E-state index is -1.23. The highest BCUT2D eigenvalue weighted by Gasteiger charge is 2.32. The van der Waals surface area contributed by atoms with Crippen LogP contribution in [-0.2, 0) is 0 Å². The topological polar surface area (TPSA) is 0 Å². The fraction of sp³-hybridized carbons (Fsp3) is 0.800. The van der Waals surface area contributed by atoms with Crippen molar-refractivity contribution in [2.45, 2.75) is 51.2 Å². The van der Waals surface area contributed by atoms with Crippen molar-refractivity contribution in [2.75, 3.05) is 0 Å². The molecule has 0 amide bonds. The first-order chi connectivity index (χ1) is 5.17. The van der Waals surface area contributed by atoms with Gasteiger partial charge >= 0.3 is 0 Å². The highest BCUT2D eigenvalue weighted by Crippen LogP contribution is 2.36. The summed E-state index contributed by atoms with van der Waals surface area (Å²) < 4.78 is 0. The van der Waals surface area contributed by atoms with Crippen LogP contribution in [-0.4, -0.2) is 13.5 Å². The summed E-state index contributed by atoms with van der Waals surface area (Å²) in [6.45, 7) is 13.7. The van der Waals surface area contributed by atoms with Crippen LogP contribution in [0, 0.1) is 0 Å². The molecule has 1 unspecified atom stereocenters. The second-order valence-corrected chi connectivity index (χ2v) is 11.0. The normalized spacial score (nSPS) is 16.9. The van der Waals surface area contributed by atoms with Gasteiger partial charge in [0.25, 0.3) is 0 Å². The molecule has 0 aliphatic rings. The van der Waals surface area contributed by atoms with Crippen molar-refractivity contribution in [1.29, 1.82) is 0 Å². The Labute approximate surface area is 83.0 Å². The Kier molecular flexibility index (Phi) is 4.05. The van der Waals surface area contributed by atoms with Crippen LogP contribution in [0.1, 0.15) is 27.7 Å². The maximum atomic E-state index is 5.87. The maximum Gasteiger partial charge on any atom is 0.0766 e. The number of halogens is 1. The van der Waals surface area contributed by atoms with Crippen molar-refractivity contribution in [3.8, 4) is 0 Å². The summed E-state index contributed by atoms with van der Waals surface area (Å²) in [7, 11) is -1.23. The fourth-order valence-electron chi connectivity index (χ4n) is 0.623. The average Bonchev–Trinajstić information content (AvgIpc) is 1.81. The first kappa shape index (κ1) is 12.2. The van der Waals surface area contributed by atoms with E-state index in [1.807, 2.05) is 6.92 Å². The Balaban J connectivity index is 4.43. The average molecular weight is 205 g/mol. The Hall–Kier alpha value is 0.247. The van der Waals surface area contributed by atoms with Gasteiger partial charge < -0.3 is 0 Å². The number of hydrogen-bond acceptors (Lipinski definition) is 0. The van der Waals surface area contributed by atoms with E-state index < -0.39 is 8.07 Å². The highest BCUT2D eigenvalue weighted by atomic mass is 35.5. The fourth-order valence-corrected chi connectivity index (χ4v) is 2.09. The van der Waals surface area contributed by atoms with Crippen LogP contribution in [0.15, 0.2) is 11.8 Å². The summed E-state index contributed by atoms with van der Waals surface area (Å²) in [6.07, 6.45) is 2.12. The molecule has 0 aromatic heterocycles. The predicted octanol–water partition coefficient (Wildman–Crippen LogP) is 4.22. The van der Waals surface area contributed by atoms with Crippen LogP contribution < -0.4 is 0 Å². The molecular weight excluding hydrogens is 184 g/mol. The van der Waals surface area contributed by atoms with Gasteiger partial charge in [0.05, 0.1) is 8.07 Å². The molecule has 0 bridgehead atoms. The summed E-state index contributed by atoms with van der Waals surface area (Å²) in [4.78, 5) is 0. The Morgan fingerprint density at radius 1 is 1.25 bits per heavy atom. The second-order valence-electron chi connectivity index (χ2n) is 5.01. The van der Waals surface area contributed by atoms with Gasteiger partial charge in [-0.25, -0.2) is 0 Å². The van der Waals surface area contributed by atoms with E-state index in [0.29, 0.717) is 5.04 Å². The Morgan fingerprint density at radius 3 is 1.92 bits per heavy atom. The molecular formula is C10H21ClSi. The lowest BCUT2D eigenvalue weighted by Crippen LogP contribution is -2.35. The molecule has 0 spiro atoms. The molecule has 0 rings (SSSR count). The Bertz CT molecular complexity index is 163. The van der Waals surface area contributed by atoms with Crippen LogP contribution >= 0.6 is 11.6 Å². The number of allylic oxidation sites excluding steroid dienone is 1. The van der Waals surface area contributed by atoms with Crippen molar-refractivity contribution >= 4 is 19.7 Å². The zero-order chi connectivity index (χ0) is 9.99. The van der Waals surface area contributed by atoms with Gasteiger partial charge in [-0.2, -0.15) is 0 Å². The van der Waals surface area contributed by atoms with Crippen molar-refractivity contribution < 1.29 is 0 Å². The van der Waals surface area contributed by atoms with Gasteiger partial charge in [-0.3, -0.25) is 0 Å². The lowest BCUT2D eigenvalue weighted by Gasteiger charge is -2.34. The molecule has 0 fully saturated rings. The summed E-state index contributed by atoms with van der Waals surface area (Å²) in [5.41, 5.74) is 2.35. The van der Waals surface area contributed by atoms with Crippen LogP contribution in [0.2, 0.25) is 18.1 Å². The largest absolute Gasteiger partial charge is 0.119 e. The van der Waals surface area contributed by atoms with Crippen molar-refractivity contribution in [3.05, 3.63) is 11.8 Å². The first-order valence-electron chi connectivity index (χ1n) is 4.50. The third-order valence-corrected chi connectivity index (χ3v) is 7.75. The Morgan fingerprint density at radius 2 is 1.67 bits per heavy atom. The van der Waals surface area contributed by atoms with Crippen LogP contribution in [0.5, 0.6) is 0 Å². The minimum Gasteiger partial charge on any atom is -0.119 e. The molecule has 0 radical (unpaired) electrons. The summed E-state index contributed by atoms with van der Waals surface area (Å²) in [6, 6.07) is 0. The molecule has 1 atom stereocenters. The van der Waals surface area contributed by atoms with Gasteiger partial charge in [-0.15, -0.1) is 11.6 Å². The SMILES string of the molecule is CC(Cl)/C=C/[Si](C)(C)C(C)(C)C. The number of hydrogen-bond donors (Lipinski definition) is 0. The smallest absolute Gasteiger partial charge is 0.0766 e. The van der Waals surface area contributed by atoms with Crippen LogP contribution in [0.3, 0.4) is 0 Å². The van der Waals surface area contributed by atoms with E-state index in [2.05, 4.69) is 45.6 Å². The standard InChI is InChI=1S/C10H21ClSi/c1-9(11)7-8-12(5,6)10(2,3)4/h7-9H,1-6H3/b8-7+. The zero-order valence-corrected chi connectivity index (χ0v) is 10.9. The second kappa shape index (κ2) is 3.97. The van der Waals surface area contributed by atoms with E-state index in [9.17, 15) is 0 Å². The van der Waals surface area contributed by atoms with Gasteiger partial charge in [0.1, 0.15) is 0 Å². The lowest BCUT2D eigenvalue weighted by atomic mass is 10.2. The molecule has 0 nitrogen and oxygen atoms in total. The quantitative estimate of drug-likeness (QED) is 0.467. The van der Waals surface area contributed by atoms with Crippen LogP contribution in [0.4, 0.5) is 0 Å². The summed E-state index contributed by atoms with van der Waals surface area (Å²) >= 11 is 5.87. The minimum absolute atomic E-state index is 0.166. The van der Waals surface area contributed by atoms with Crippen molar-refractivity contribution in [3.63, 3.8) is 0 Å². The van der Waals surface area contributed by atoms with E-state index in [4.69, 9.17) is 11.6 Å². The molecule has 0 aromatic rings. The lowest BCUT2D eigenvalue weighted by molar-refractivity contribution is 0.728. The molecule has 0 saturated heterocycles. The van der Waals surface area contributed by atoms with E-state index in [1.165, 1.54) is 0 Å². The van der Waals surface area contributed by atoms with Crippen LogP contribution in [0.25, 0.3) is 0 Å². The third kappa shape index (κ3) is 3.77. The molecule has 0 aliphatic carbocycles. The van der Waals surface area contributed by atoms with E-state index in [1.54, 1.807) is 0 Å². The molecule has 0 aromatic carbocycles. The molecule has 0 heterocycles. The van der Waals surface area contributed by atoms with Gasteiger partial charge in [0.2, 0.25) is 0 Å². The molecule has 0 saturated carbocycles. The summed E-state index contributed by atoms with van der Waals surface area (Å²) in [5, 5.41) is 0.592. The van der Waals surface area contributed by atoms with Crippen molar-refractivity contribution in [1.82, 2.24) is 0 Å². The van der Waals surface area contributed by atoms with E-state index in [0.717, 1.165) is 0 Å². The van der Waals surface area contributed by atoms with Crippen molar-refractivity contribution in [2.24, 2.45) is 0 Å². The van der Waals surface area contributed by atoms with Gasteiger partial charge in [-0.05, 0) is 12.0 Å². The summed E-state index contributed by atoms with van der Waals surface area (Å²) in [5.74, 6) is 0. The molecule has 0 N–H and O–H groups in total. The molecule has 0 aliphatic heterocycles. The van der Waals surface area contributed by atoms with E-state index in [-0.39, 0.29) is 5.38 Å². The molecule has 12 heavy (non-hydrogen) atoms. The molecule has 2 heteroatoms. The predicted molar refractivity (Wildman–Crippen MR) is 61.7 cm³/mol. The zero-order valence-electron chi connectivity index (χ0n) is 9.11. The number of alkyl halides is 1. The highest BCUT2D eigenvalue weighted by molar-refractivity contribution is 6.84. The monoisotopic (exact) mass is 204 g/mol. The molecule has 72 valence electrons. The van der Waals surface area contributed by atoms with Gasteiger partial charge in [0, 0.05) is 5.38 Å². The maximum absolute atomic E-state index is 5.87. The third-order valence-electron chi connectivity index (χ3n) is 2.71. The van der Waals surface area contributed by atoms with Gasteiger partial charge in [-0.1, -0.05) is 45.6 Å².